The van der Waals surface area contributed by atoms with Crippen molar-refractivity contribution in [2.45, 2.75) is 144 Å². The normalized spacial score (nSPS) is 38.1. The number of fused-ring (bicyclic) bond motifs is 1. The van der Waals surface area contributed by atoms with E-state index in [1.54, 1.807) is 19.9 Å². The van der Waals surface area contributed by atoms with Gasteiger partial charge >= 0.3 is 0 Å². The van der Waals surface area contributed by atoms with E-state index < -0.39 is 159 Å². The van der Waals surface area contributed by atoms with Gasteiger partial charge in [0.05, 0.1) is 25.9 Å². The summed E-state index contributed by atoms with van der Waals surface area (Å²) in [7, 11) is 0. The lowest BCUT2D eigenvalue weighted by molar-refractivity contribution is -0.357. The van der Waals surface area contributed by atoms with Crippen molar-refractivity contribution in [3.8, 4) is 34.3 Å². The lowest BCUT2D eigenvalue weighted by atomic mass is 9.97. The van der Waals surface area contributed by atoms with Crippen molar-refractivity contribution in [3.63, 3.8) is 0 Å². The number of benzene rings is 2. The van der Waals surface area contributed by atoms with Gasteiger partial charge in [0, 0.05) is 17.2 Å². The summed E-state index contributed by atoms with van der Waals surface area (Å²) in [6, 6.07) is 6.17. The minimum atomic E-state index is -1.98. The molecule has 4 saturated heterocycles. The molecule has 2 aromatic carbocycles. The first-order valence-electron chi connectivity index (χ1n) is 21.3. The van der Waals surface area contributed by atoms with E-state index in [0.717, 1.165) is 11.6 Å². The summed E-state index contributed by atoms with van der Waals surface area (Å²) in [5.41, 5.74) is -0.536. The number of aromatic hydroxyl groups is 2. The van der Waals surface area contributed by atoms with Crippen LogP contribution in [0.5, 0.6) is 23.0 Å². The minimum Gasteiger partial charge on any atom is -0.508 e. The van der Waals surface area contributed by atoms with Crippen molar-refractivity contribution in [3.05, 3.63) is 57.8 Å². The van der Waals surface area contributed by atoms with E-state index >= 15 is 0 Å². The third-order valence-electron chi connectivity index (χ3n) is 12.0. The monoisotopic (exact) mass is 956 g/mol. The molecule has 7 rings (SSSR count). The van der Waals surface area contributed by atoms with E-state index in [2.05, 4.69) is 0 Å². The van der Waals surface area contributed by atoms with Gasteiger partial charge in [0.1, 0.15) is 101 Å². The molecule has 4 aliphatic heterocycles. The average molecular weight is 957 g/mol. The predicted molar refractivity (Wildman–Crippen MR) is 221 cm³/mol. The van der Waals surface area contributed by atoms with Crippen LogP contribution in [0.4, 0.5) is 0 Å². The Kier molecular flexibility index (Phi) is 15.8. The molecule has 0 saturated carbocycles. The number of aliphatic hydroxyl groups excluding tert-OH is 12. The molecule has 0 spiro atoms. The van der Waals surface area contributed by atoms with Crippen molar-refractivity contribution in [1.82, 2.24) is 0 Å². The predicted octanol–water partition coefficient (Wildman–Crippen LogP) is -3.95. The Bertz CT molecular complexity index is 2250. The van der Waals surface area contributed by atoms with Gasteiger partial charge in [-0.1, -0.05) is 11.6 Å². The molecule has 67 heavy (non-hydrogen) atoms. The molecule has 372 valence electrons. The van der Waals surface area contributed by atoms with Crippen LogP contribution in [-0.4, -0.2) is 208 Å². The maximum atomic E-state index is 14.9. The first-order chi connectivity index (χ1) is 31.7. The minimum absolute atomic E-state index is 0.0282. The summed E-state index contributed by atoms with van der Waals surface area (Å²) in [6.45, 7) is 2.68. The van der Waals surface area contributed by atoms with E-state index in [1.807, 2.05) is 0 Å². The van der Waals surface area contributed by atoms with Crippen LogP contribution in [-0.2, 0) is 34.8 Å². The molecule has 0 amide bonds. The topological polar surface area (TPSA) is 387 Å². The van der Waals surface area contributed by atoms with Gasteiger partial charge < -0.3 is 114 Å². The van der Waals surface area contributed by atoms with Crippen LogP contribution in [0.2, 0.25) is 0 Å². The third-order valence-corrected chi connectivity index (χ3v) is 12.0. The Morgan fingerprint density at radius 2 is 1.25 bits per heavy atom. The molecule has 24 heteroatoms. The van der Waals surface area contributed by atoms with Gasteiger partial charge in [0.15, 0.2) is 30.5 Å². The molecule has 14 N–H and O–H groups in total. The number of rotatable bonds is 13. The maximum absolute atomic E-state index is 14.9. The van der Waals surface area contributed by atoms with Gasteiger partial charge in [-0.25, -0.2) is 0 Å². The van der Waals surface area contributed by atoms with Gasteiger partial charge in [0.2, 0.25) is 23.8 Å². The van der Waals surface area contributed by atoms with E-state index in [-0.39, 0.29) is 40.4 Å². The highest BCUT2D eigenvalue weighted by Crippen LogP contribution is 2.42. The van der Waals surface area contributed by atoms with E-state index in [4.69, 9.17) is 42.3 Å². The lowest BCUT2D eigenvalue weighted by Crippen LogP contribution is -2.65. The van der Waals surface area contributed by atoms with Crippen LogP contribution >= 0.6 is 0 Å². The summed E-state index contributed by atoms with van der Waals surface area (Å²) in [5, 5.41) is 148. The van der Waals surface area contributed by atoms with E-state index in [9.17, 15) is 76.3 Å². The molecule has 0 unspecified atom stereocenters. The van der Waals surface area contributed by atoms with E-state index in [1.165, 1.54) is 31.2 Å². The molecular weight excluding hydrogens is 900 g/mol. The van der Waals surface area contributed by atoms with Crippen molar-refractivity contribution in [2.24, 2.45) is 0 Å². The molecule has 3 aromatic rings. The number of phenols is 2. The Hall–Kier alpha value is -4.13. The first-order valence-corrected chi connectivity index (χ1v) is 21.3. The molecule has 4 aliphatic rings. The second kappa shape index (κ2) is 20.8. The molecule has 24 nitrogen and oxygen atoms in total. The summed E-state index contributed by atoms with van der Waals surface area (Å²) in [4.78, 5) is 14.9. The average Bonchev–Trinajstić information content (AvgIpc) is 3.29. The van der Waals surface area contributed by atoms with Crippen LogP contribution in [0.15, 0.2) is 51.2 Å². The second-order valence-electron chi connectivity index (χ2n) is 17.0. The van der Waals surface area contributed by atoms with E-state index in [0.29, 0.717) is 0 Å². The van der Waals surface area contributed by atoms with Crippen molar-refractivity contribution >= 4 is 11.0 Å². The summed E-state index contributed by atoms with van der Waals surface area (Å²) in [6.07, 6.45) is -31.6. The molecule has 1 aromatic heterocycles. The van der Waals surface area contributed by atoms with Gasteiger partial charge in [-0.2, -0.15) is 0 Å². The Labute approximate surface area is 380 Å². The highest BCUT2D eigenvalue weighted by Gasteiger charge is 2.53. The highest BCUT2D eigenvalue weighted by molar-refractivity contribution is 5.91. The maximum Gasteiger partial charge on any atom is 0.239 e. The second-order valence-corrected chi connectivity index (χ2v) is 17.0. The summed E-state index contributed by atoms with van der Waals surface area (Å²) < 4.78 is 53.0. The van der Waals surface area contributed by atoms with Crippen molar-refractivity contribution < 1.29 is 114 Å². The molecule has 19 atom stereocenters. The summed E-state index contributed by atoms with van der Waals surface area (Å²) >= 11 is 0. The van der Waals surface area contributed by atoms with Crippen LogP contribution < -0.4 is 14.9 Å². The smallest absolute Gasteiger partial charge is 0.239 e. The molecule has 5 heterocycles. The van der Waals surface area contributed by atoms with Gasteiger partial charge in [-0.3, -0.25) is 4.79 Å². The van der Waals surface area contributed by atoms with Crippen LogP contribution in [0, 0.1) is 0 Å². The first kappa shape index (κ1) is 50.7. The van der Waals surface area contributed by atoms with Crippen molar-refractivity contribution in [1.29, 1.82) is 0 Å². The molecule has 0 bridgehead atoms. The largest absolute Gasteiger partial charge is 0.508 e. The molecule has 0 aliphatic carbocycles. The number of hydrogen-bond donors (Lipinski definition) is 14. The van der Waals surface area contributed by atoms with Gasteiger partial charge in [0.25, 0.3) is 0 Å². The fourth-order valence-electron chi connectivity index (χ4n) is 8.04. The number of ether oxygens (including phenoxy) is 8. The molecular formula is C43H56O24. The fraction of sp³-hybridized carbons (Fsp3) is 0.605. The zero-order valence-corrected chi connectivity index (χ0v) is 36.1. The Morgan fingerprint density at radius 3 is 1.88 bits per heavy atom. The van der Waals surface area contributed by atoms with Gasteiger partial charge in [-0.15, -0.1) is 0 Å². The van der Waals surface area contributed by atoms with Crippen LogP contribution in [0.25, 0.3) is 22.3 Å². The van der Waals surface area contributed by atoms with Crippen LogP contribution in [0.1, 0.15) is 26.3 Å². The number of hydrogen-bond acceptors (Lipinski definition) is 24. The Morgan fingerprint density at radius 1 is 0.687 bits per heavy atom. The summed E-state index contributed by atoms with van der Waals surface area (Å²) in [5.74, 6) is -2.33. The van der Waals surface area contributed by atoms with Gasteiger partial charge in [-0.05, 0) is 51.5 Å². The van der Waals surface area contributed by atoms with Crippen LogP contribution in [0.3, 0.4) is 0 Å². The van der Waals surface area contributed by atoms with Crippen molar-refractivity contribution in [2.75, 3.05) is 19.8 Å². The third kappa shape index (κ3) is 10.1. The highest BCUT2D eigenvalue weighted by atomic mass is 16.8. The fourth-order valence-corrected chi connectivity index (χ4v) is 8.04. The zero-order chi connectivity index (χ0) is 48.8. The standard InChI is InChI=1S/C43H56O24/c1-14(2)4-9-18-21(61-43-39(32(56)28(52)23(12-45)63-43)67-41-34(58)30(54)27(51)22(11-44)62-41)10-19(47)24-29(53)37(35(64-36(18)24)16-5-7-17(46)8-6-16)65-42-38(31(55)25(49)15(3)60-42)66-40-33(57)26(50)20(48)13-59-40/h4-8,10,15,20,22-23,25-28,30-34,38-52,54-58H,9,11-13H2,1-3H3/t15-,20-,22+,23+,25+,26-,27+,28-,30-,31+,32+,33-,34+,38-,39-,40+,41+,42+,43-/m1/s1. The number of phenolic OH excluding ortho intramolecular Hbond substituents is 2. The molecule has 0 radical (unpaired) electrons. The number of aliphatic hydroxyl groups is 12. The quantitative estimate of drug-likeness (QED) is 0.0727. The number of allylic oxidation sites excluding steroid dienone is 2. The lowest BCUT2D eigenvalue weighted by Gasteiger charge is -2.45. The zero-order valence-electron chi connectivity index (χ0n) is 36.1. The SMILES string of the molecule is CC(C)=CCc1c(O[C@@H]2O[C@@H](CO)[C@@H](O)[C@H](O)[C@H]2O[C@@H]2O[C@@H](CO)[C@H](O)[C@@H](O)[C@@H]2O)cc(O)c2c(=O)c(O[C@@H]3O[C@H](C)[C@H](O)[C@H](O)[C@H]3O[C@@H]3OC[C@@H](O)[C@@H](O)[C@H]3O)c(-c3ccc(O)cc3)oc12. The molecule has 4 fully saturated rings. The Balaban J connectivity index is 1.34.